The minimum atomic E-state index is -0.264. The summed E-state index contributed by atoms with van der Waals surface area (Å²) in [5, 5.41) is 16.1. The second-order valence-corrected chi connectivity index (χ2v) is 8.48. The molecule has 3 aromatic rings. The van der Waals surface area contributed by atoms with Gasteiger partial charge in [-0.2, -0.15) is 10.2 Å². The molecule has 2 aromatic heterocycles. The zero-order valence-electron chi connectivity index (χ0n) is 18.8. The van der Waals surface area contributed by atoms with Crippen LogP contribution in [-0.2, 0) is 19.6 Å². The zero-order chi connectivity index (χ0) is 22.9. The predicted molar refractivity (Wildman–Crippen MR) is 128 cm³/mol. The molecule has 2 aliphatic rings. The largest absolute Gasteiger partial charge is 0.325 e. The molecule has 3 heterocycles. The summed E-state index contributed by atoms with van der Waals surface area (Å²) in [6.45, 7) is 8.15. The first kappa shape index (κ1) is 21.3. The number of allylic oxidation sites excluding steroid dienone is 1. The van der Waals surface area contributed by atoms with Crippen LogP contribution in [0.15, 0.2) is 52.3 Å². The smallest absolute Gasteiger partial charge is 0.152 e. The Bertz CT molecular complexity index is 1240. The second kappa shape index (κ2) is 8.74. The van der Waals surface area contributed by atoms with Crippen LogP contribution in [0.1, 0.15) is 29.7 Å². The van der Waals surface area contributed by atoms with Crippen LogP contribution >= 0.6 is 0 Å². The lowest BCUT2D eigenvalue weighted by molar-refractivity contribution is 0.570. The summed E-state index contributed by atoms with van der Waals surface area (Å²) in [5.41, 5.74) is 4.94. The van der Waals surface area contributed by atoms with Gasteiger partial charge < -0.3 is 10.6 Å². The molecular weight excluding hydrogens is 419 g/mol. The van der Waals surface area contributed by atoms with Gasteiger partial charge in [-0.1, -0.05) is 0 Å². The van der Waals surface area contributed by atoms with Crippen LogP contribution in [0.25, 0.3) is 11.3 Å². The summed E-state index contributed by atoms with van der Waals surface area (Å²) in [4.78, 5) is 8.65. The monoisotopic (exact) mass is 446 g/mol. The van der Waals surface area contributed by atoms with Gasteiger partial charge in [-0.3, -0.25) is 4.99 Å². The van der Waals surface area contributed by atoms with Crippen LogP contribution in [0, 0.1) is 18.7 Å². The number of aromatic nitrogens is 4. The first-order chi connectivity index (χ1) is 16.1. The molecule has 170 valence electrons. The van der Waals surface area contributed by atoms with Crippen molar-refractivity contribution >= 4 is 18.4 Å². The van der Waals surface area contributed by atoms with Crippen LogP contribution in [-0.4, -0.2) is 39.2 Å². The minimum Gasteiger partial charge on any atom is -0.325 e. The molecule has 0 atom stereocenters. The van der Waals surface area contributed by atoms with Crippen LogP contribution in [0.3, 0.4) is 0 Å². The van der Waals surface area contributed by atoms with E-state index >= 15 is 0 Å². The van der Waals surface area contributed by atoms with Crippen molar-refractivity contribution in [3.63, 3.8) is 0 Å². The number of rotatable bonds is 7. The van der Waals surface area contributed by atoms with Gasteiger partial charge >= 0.3 is 0 Å². The van der Waals surface area contributed by atoms with Crippen molar-refractivity contribution in [3.8, 4) is 11.3 Å². The number of hydrogen-bond acceptors (Lipinski definition) is 6. The fourth-order valence-electron chi connectivity index (χ4n) is 4.11. The van der Waals surface area contributed by atoms with Crippen molar-refractivity contribution < 1.29 is 4.39 Å². The Kier molecular flexibility index (Phi) is 5.63. The zero-order valence-corrected chi connectivity index (χ0v) is 18.8. The van der Waals surface area contributed by atoms with Crippen molar-refractivity contribution in [3.05, 3.63) is 65.0 Å². The van der Waals surface area contributed by atoms with E-state index in [4.69, 9.17) is 5.10 Å². The van der Waals surface area contributed by atoms with E-state index in [2.05, 4.69) is 32.4 Å². The molecule has 1 fully saturated rings. The van der Waals surface area contributed by atoms with Gasteiger partial charge in [0.25, 0.3) is 0 Å². The first-order valence-electron chi connectivity index (χ1n) is 11.1. The van der Waals surface area contributed by atoms with Gasteiger partial charge in [0, 0.05) is 49.4 Å². The maximum atomic E-state index is 13.5. The lowest BCUT2D eigenvalue weighted by Crippen LogP contribution is -2.18. The van der Waals surface area contributed by atoms with Gasteiger partial charge in [-0.15, -0.1) is 0 Å². The van der Waals surface area contributed by atoms with E-state index in [1.54, 1.807) is 19.2 Å². The Labute approximate surface area is 191 Å². The average molecular weight is 447 g/mol. The molecule has 1 aromatic carbocycles. The molecule has 9 heteroatoms. The van der Waals surface area contributed by atoms with Crippen LogP contribution < -0.4 is 10.6 Å². The third-order valence-electron chi connectivity index (χ3n) is 6.13. The lowest BCUT2D eigenvalue weighted by atomic mass is 10.1. The Morgan fingerprint density at radius 2 is 2.09 bits per heavy atom. The van der Waals surface area contributed by atoms with Crippen molar-refractivity contribution in [1.29, 1.82) is 0 Å². The summed E-state index contributed by atoms with van der Waals surface area (Å²) in [7, 11) is 1.73. The number of hydrogen-bond donors (Lipinski definition) is 2. The summed E-state index contributed by atoms with van der Waals surface area (Å²) in [5.74, 6) is 2.43. The SMILES string of the molecule is C=N/C(=C\C(=NC)n1ncc2c1CNC2)Nc1c(C)c(-c2ccc(F)cc2)nn1CC1CC1. The average Bonchev–Trinajstić information content (AvgIpc) is 3.23. The van der Waals surface area contributed by atoms with E-state index in [1.165, 1.54) is 30.5 Å². The molecule has 1 aliphatic heterocycles. The summed E-state index contributed by atoms with van der Waals surface area (Å²) in [6, 6.07) is 6.43. The van der Waals surface area contributed by atoms with E-state index in [9.17, 15) is 4.39 Å². The lowest BCUT2D eigenvalue weighted by Gasteiger charge is -2.12. The van der Waals surface area contributed by atoms with Crippen molar-refractivity contribution in [2.24, 2.45) is 15.9 Å². The Morgan fingerprint density at radius 1 is 1.30 bits per heavy atom. The van der Waals surface area contributed by atoms with Gasteiger partial charge in [0.15, 0.2) is 5.84 Å². The van der Waals surface area contributed by atoms with Gasteiger partial charge in [0.05, 0.1) is 17.6 Å². The maximum Gasteiger partial charge on any atom is 0.152 e. The number of nitrogens with zero attached hydrogens (tertiary/aromatic N) is 6. The second-order valence-electron chi connectivity index (χ2n) is 8.48. The number of fused-ring (bicyclic) bond motifs is 1. The molecule has 8 nitrogen and oxygen atoms in total. The normalized spacial score (nSPS) is 16.2. The Balaban J connectivity index is 1.49. The van der Waals surface area contributed by atoms with E-state index in [0.717, 1.165) is 48.0 Å². The van der Waals surface area contributed by atoms with E-state index in [0.29, 0.717) is 17.6 Å². The van der Waals surface area contributed by atoms with Gasteiger partial charge in [0.1, 0.15) is 17.5 Å². The van der Waals surface area contributed by atoms with E-state index in [1.807, 2.05) is 28.6 Å². The quantitative estimate of drug-likeness (QED) is 0.428. The maximum absolute atomic E-state index is 13.5. The molecular formula is C24H27FN8. The van der Waals surface area contributed by atoms with E-state index in [-0.39, 0.29) is 5.82 Å². The molecule has 1 saturated carbocycles. The van der Waals surface area contributed by atoms with E-state index < -0.39 is 0 Å². The Morgan fingerprint density at radius 3 is 2.79 bits per heavy atom. The van der Waals surface area contributed by atoms with Crippen LogP contribution in [0.5, 0.6) is 0 Å². The fourth-order valence-corrected chi connectivity index (χ4v) is 4.11. The van der Waals surface area contributed by atoms with Crippen molar-refractivity contribution in [2.75, 3.05) is 12.4 Å². The summed E-state index contributed by atoms with van der Waals surface area (Å²) in [6.07, 6.45) is 6.12. The van der Waals surface area contributed by atoms with Crippen LogP contribution in [0.4, 0.5) is 10.2 Å². The molecule has 0 saturated heterocycles. The number of halogens is 1. The highest BCUT2D eigenvalue weighted by Crippen LogP contribution is 2.35. The van der Waals surface area contributed by atoms with Crippen molar-refractivity contribution in [1.82, 2.24) is 24.9 Å². The molecule has 2 N–H and O–H groups in total. The first-order valence-corrected chi connectivity index (χ1v) is 11.1. The standard InChI is InChI=1S/C24H27FN8/c1-15-23(17-6-8-19(25)9-7-17)31-32(14-16-4-5-16)24(15)30-21(26-2)10-22(27-3)33-20-13-28-11-18(20)12-29-33/h6-10,12,16,28,30H,2,4-5,11,13-14H2,1,3H3/b21-10+,27-22?. The highest BCUT2D eigenvalue weighted by atomic mass is 19.1. The van der Waals surface area contributed by atoms with Gasteiger partial charge in [-0.05, 0) is 56.7 Å². The number of anilines is 1. The summed E-state index contributed by atoms with van der Waals surface area (Å²) >= 11 is 0. The predicted octanol–water partition coefficient (Wildman–Crippen LogP) is 3.74. The van der Waals surface area contributed by atoms with Crippen LogP contribution in [0.2, 0.25) is 0 Å². The molecule has 0 spiro atoms. The molecule has 0 unspecified atom stereocenters. The fraction of sp³-hybridized carbons (Fsp3) is 0.333. The number of aliphatic imine (C=N–C) groups is 2. The molecule has 0 amide bonds. The molecule has 33 heavy (non-hydrogen) atoms. The molecule has 1 aliphatic carbocycles. The third kappa shape index (κ3) is 4.23. The molecule has 5 rings (SSSR count). The molecule has 0 radical (unpaired) electrons. The summed E-state index contributed by atoms with van der Waals surface area (Å²) < 4.78 is 17.3. The Hall–Kier alpha value is -3.59. The molecule has 0 bridgehead atoms. The highest BCUT2D eigenvalue weighted by molar-refractivity contribution is 5.95. The van der Waals surface area contributed by atoms with Gasteiger partial charge in [0.2, 0.25) is 0 Å². The highest BCUT2D eigenvalue weighted by Gasteiger charge is 2.26. The van der Waals surface area contributed by atoms with Crippen molar-refractivity contribution in [2.45, 2.75) is 39.4 Å². The van der Waals surface area contributed by atoms with Gasteiger partial charge in [-0.25, -0.2) is 18.7 Å². The minimum absolute atomic E-state index is 0.264. The topological polar surface area (TPSA) is 84.4 Å². The number of benzene rings is 1. The number of nitrogens with one attached hydrogen (secondary N) is 2. The third-order valence-corrected chi connectivity index (χ3v) is 6.13.